The van der Waals surface area contributed by atoms with Crippen LogP contribution < -0.4 is 5.73 Å². The van der Waals surface area contributed by atoms with Gasteiger partial charge in [-0.1, -0.05) is 12.1 Å². The van der Waals surface area contributed by atoms with Crippen LogP contribution in [-0.2, 0) is 7.05 Å². The van der Waals surface area contributed by atoms with Crippen LogP contribution in [0.4, 0.5) is 10.3 Å². The van der Waals surface area contributed by atoms with Crippen molar-refractivity contribution in [1.29, 1.82) is 0 Å². The number of amides is 1. The van der Waals surface area contributed by atoms with E-state index >= 15 is 0 Å². The molecule has 2 aromatic heterocycles. The van der Waals surface area contributed by atoms with Gasteiger partial charge in [0.25, 0.3) is 5.91 Å². The molecule has 1 fully saturated rings. The van der Waals surface area contributed by atoms with Crippen LogP contribution in [0.1, 0.15) is 34.8 Å². The third-order valence-electron chi connectivity index (χ3n) is 5.02. The number of hydrogen-bond acceptors (Lipinski definition) is 5. The number of nitrogen functional groups attached to an aromatic ring is 1. The molecule has 0 spiro atoms. The molecule has 1 amide bonds. The first kappa shape index (κ1) is 18.1. The Hall–Kier alpha value is -3.29. The molecule has 3 aromatic rings. The van der Waals surface area contributed by atoms with Gasteiger partial charge in [0, 0.05) is 44.0 Å². The number of anilines is 1. The number of piperidine rings is 1. The third-order valence-corrected chi connectivity index (χ3v) is 5.02. The van der Waals surface area contributed by atoms with Gasteiger partial charge in [-0.25, -0.2) is 14.4 Å². The highest BCUT2D eigenvalue weighted by Gasteiger charge is 2.29. The van der Waals surface area contributed by atoms with Crippen LogP contribution in [-0.4, -0.2) is 43.6 Å². The summed E-state index contributed by atoms with van der Waals surface area (Å²) in [7, 11) is 1.78. The van der Waals surface area contributed by atoms with E-state index in [9.17, 15) is 9.18 Å². The van der Waals surface area contributed by atoms with Gasteiger partial charge in [0.2, 0.25) is 5.95 Å². The van der Waals surface area contributed by atoms with E-state index in [2.05, 4.69) is 15.1 Å². The second-order valence-electron chi connectivity index (χ2n) is 7.03. The average molecular weight is 380 g/mol. The molecule has 0 bridgehead atoms. The van der Waals surface area contributed by atoms with Gasteiger partial charge in [0.15, 0.2) is 0 Å². The first-order chi connectivity index (χ1) is 13.5. The molecule has 8 heteroatoms. The van der Waals surface area contributed by atoms with E-state index in [0.717, 1.165) is 24.1 Å². The first-order valence-corrected chi connectivity index (χ1v) is 9.17. The van der Waals surface area contributed by atoms with Gasteiger partial charge in [0.1, 0.15) is 5.82 Å². The van der Waals surface area contributed by atoms with E-state index in [4.69, 9.17) is 5.73 Å². The Bertz CT molecular complexity index is 1020. The summed E-state index contributed by atoms with van der Waals surface area (Å²) in [5.41, 5.74) is 8.60. The molecule has 1 unspecified atom stereocenters. The second-order valence-corrected chi connectivity index (χ2v) is 7.03. The average Bonchev–Trinajstić information content (AvgIpc) is 3.14. The van der Waals surface area contributed by atoms with Crippen molar-refractivity contribution in [3.8, 4) is 11.1 Å². The molecule has 7 nitrogen and oxygen atoms in total. The smallest absolute Gasteiger partial charge is 0.257 e. The summed E-state index contributed by atoms with van der Waals surface area (Å²) in [6.07, 6.45) is 6.65. The van der Waals surface area contributed by atoms with Crippen LogP contribution in [0.15, 0.2) is 42.9 Å². The zero-order valence-corrected chi connectivity index (χ0v) is 15.5. The monoisotopic (exact) mass is 380 g/mol. The van der Waals surface area contributed by atoms with Gasteiger partial charge in [-0.05, 0) is 30.5 Å². The topological polar surface area (TPSA) is 89.9 Å². The number of aromatic nitrogens is 4. The lowest BCUT2D eigenvalue weighted by molar-refractivity contribution is 0.0706. The number of nitrogens with zero attached hydrogens (tertiary/aromatic N) is 5. The van der Waals surface area contributed by atoms with E-state index in [1.165, 1.54) is 12.1 Å². The fourth-order valence-corrected chi connectivity index (χ4v) is 3.70. The lowest BCUT2D eigenvalue weighted by Gasteiger charge is -2.33. The summed E-state index contributed by atoms with van der Waals surface area (Å²) in [5.74, 6) is -0.201. The molecule has 0 radical (unpaired) electrons. The molecule has 0 aliphatic carbocycles. The lowest BCUT2D eigenvalue weighted by atomic mass is 9.89. The van der Waals surface area contributed by atoms with Crippen molar-refractivity contribution >= 4 is 11.9 Å². The number of benzene rings is 1. The summed E-state index contributed by atoms with van der Waals surface area (Å²) >= 11 is 0. The predicted molar refractivity (Wildman–Crippen MR) is 103 cm³/mol. The summed E-state index contributed by atoms with van der Waals surface area (Å²) in [5, 5.41) is 4.08. The number of carbonyl (C=O) groups is 1. The number of nitrogens with two attached hydrogens (primary N) is 1. The van der Waals surface area contributed by atoms with Gasteiger partial charge in [0.05, 0.1) is 17.5 Å². The molecular weight excluding hydrogens is 359 g/mol. The number of rotatable bonds is 3. The van der Waals surface area contributed by atoms with E-state index in [0.29, 0.717) is 24.2 Å². The number of hydrogen-bond donors (Lipinski definition) is 1. The van der Waals surface area contributed by atoms with Gasteiger partial charge in [-0.2, -0.15) is 5.10 Å². The molecule has 1 atom stereocenters. The molecule has 28 heavy (non-hydrogen) atoms. The second kappa shape index (κ2) is 7.38. The van der Waals surface area contributed by atoms with E-state index in [1.807, 2.05) is 11.0 Å². The SMILES string of the molecule is Cn1cc(C(=O)N2CCCC(c3nc(N)ncc3-c3cccc(F)c3)C2)cn1. The minimum atomic E-state index is -0.322. The Balaban J connectivity index is 1.65. The van der Waals surface area contributed by atoms with Gasteiger partial charge in [-0.15, -0.1) is 0 Å². The van der Waals surface area contributed by atoms with Crippen molar-refractivity contribution in [3.63, 3.8) is 0 Å². The van der Waals surface area contributed by atoms with Crippen molar-refractivity contribution in [2.45, 2.75) is 18.8 Å². The molecule has 1 aliphatic heterocycles. The Morgan fingerprint density at radius 1 is 1.32 bits per heavy atom. The fourth-order valence-electron chi connectivity index (χ4n) is 3.70. The lowest BCUT2D eigenvalue weighted by Crippen LogP contribution is -2.39. The Morgan fingerprint density at radius 2 is 2.18 bits per heavy atom. The minimum absolute atomic E-state index is 0.00191. The van der Waals surface area contributed by atoms with Crippen LogP contribution in [0.3, 0.4) is 0 Å². The summed E-state index contributed by atoms with van der Waals surface area (Å²) in [6.45, 7) is 1.20. The molecule has 1 aliphatic rings. The quantitative estimate of drug-likeness (QED) is 0.754. The highest BCUT2D eigenvalue weighted by atomic mass is 19.1. The molecule has 4 rings (SSSR count). The largest absolute Gasteiger partial charge is 0.368 e. The fraction of sp³-hybridized carbons (Fsp3) is 0.300. The highest BCUT2D eigenvalue weighted by molar-refractivity contribution is 5.93. The van der Waals surface area contributed by atoms with Crippen molar-refractivity contribution < 1.29 is 9.18 Å². The molecule has 1 saturated heterocycles. The Kier molecular flexibility index (Phi) is 4.77. The van der Waals surface area contributed by atoms with E-state index in [-0.39, 0.29) is 23.6 Å². The Labute approximate surface area is 162 Å². The number of carbonyl (C=O) groups excluding carboxylic acids is 1. The molecule has 1 aromatic carbocycles. The van der Waals surface area contributed by atoms with E-state index < -0.39 is 0 Å². The summed E-state index contributed by atoms with van der Waals surface area (Å²) in [4.78, 5) is 23.2. The minimum Gasteiger partial charge on any atom is -0.368 e. The maximum atomic E-state index is 13.7. The van der Waals surface area contributed by atoms with E-state index in [1.54, 1.807) is 36.4 Å². The number of likely N-dealkylation sites (tertiary alicyclic amines) is 1. The molecule has 144 valence electrons. The molecule has 3 heterocycles. The van der Waals surface area contributed by atoms with Crippen molar-refractivity contribution in [2.24, 2.45) is 7.05 Å². The van der Waals surface area contributed by atoms with Crippen LogP contribution in [0.2, 0.25) is 0 Å². The van der Waals surface area contributed by atoms with Crippen LogP contribution in [0.5, 0.6) is 0 Å². The van der Waals surface area contributed by atoms with Crippen LogP contribution in [0, 0.1) is 5.82 Å². The predicted octanol–water partition coefficient (Wildman–Crippen LogP) is 2.62. The maximum Gasteiger partial charge on any atom is 0.257 e. The third kappa shape index (κ3) is 3.58. The zero-order valence-electron chi connectivity index (χ0n) is 15.5. The molecular formula is C20H21FN6O. The van der Waals surface area contributed by atoms with Crippen LogP contribution >= 0.6 is 0 Å². The van der Waals surface area contributed by atoms with Crippen molar-refractivity contribution in [1.82, 2.24) is 24.6 Å². The van der Waals surface area contributed by atoms with Crippen molar-refractivity contribution in [3.05, 3.63) is 59.9 Å². The van der Waals surface area contributed by atoms with Gasteiger partial charge < -0.3 is 10.6 Å². The number of halogens is 1. The van der Waals surface area contributed by atoms with Gasteiger partial charge >= 0.3 is 0 Å². The summed E-state index contributed by atoms with van der Waals surface area (Å²) < 4.78 is 15.4. The standard InChI is InChI=1S/C20H21FN6O/c1-26-11-15(9-24-26)19(28)27-7-3-5-14(12-27)18-17(10-23-20(22)25-18)13-4-2-6-16(21)8-13/h2,4,6,8-11,14H,3,5,7,12H2,1H3,(H2,22,23,25). The number of aryl methyl sites for hydroxylation is 1. The summed E-state index contributed by atoms with van der Waals surface area (Å²) in [6, 6.07) is 6.34. The normalized spacial score (nSPS) is 16.9. The molecule has 0 saturated carbocycles. The molecule has 2 N–H and O–H groups in total. The Morgan fingerprint density at radius 3 is 2.93 bits per heavy atom. The van der Waals surface area contributed by atoms with Gasteiger partial charge in [-0.3, -0.25) is 9.48 Å². The first-order valence-electron chi connectivity index (χ1n) is 9.17. The highest BCUT2D eigenvalue weighted by Crippen LogP contribution is 2.34. The van der Waals surface area contributed by atoms with Crippen molar-refractivity contribution in [2.75, 3.05) is 18.8 Å². The maximum absolute atomic E-state index is 13.7. The zero-order chi connectivity index (χ0) is 19.7. The van der Waals surface area contributed by atoms with Crippen LogP contribution in [0.25, 0.3) is 11.1 Å².